The van der Waals surface area contributed by atoms with Crippen LogP contribution >= 0.6 is 0 Å². The normalized spacial score (nSPS) is 22.1. The first-order valence-electron chi connectivity index (χ1n) is 9.18. The van der Waals surface area contributed by atoms with Crippen molar-refractivity contribution in [3.8, 4) is 0 Å². The predicted molar refractivity (Wildman–Crippen MR) is 101 cm³/mol. The zero-order valence-electron chi connectivity index (χ0n) is 14.7. The highest BCUT2D eigenvalue weighted by Gasteiger charge is 2.43. The van der Waals surface area contributed by atoms with Crippen molar-refractivity contribution in [1.82, 2.24) is 4.90 Å². The van der Waals surface area contributed by atoms with Crippen LogP contribution in [0, 0.1) is 0 Å². The molecular formula is C22H24N2O. The topological polar surface area (TPSA) is 42.4 Å². The maximum atomic E-state index is 6.05. The molecule has 1 aliphatic heterocycles. The van der Waals surface area contributed by atoms with Gasteiger partial charge in [0.25, 0.3) is 0 Å². The molecule has 5 rings (SSSR count). The zero-order valence-corrected chi connectivity index (χ0v) is 14.7. The number of likely N-dealkylation sites (N-methyl/N-ethyl adjacent to an activating group) is 1. The van der Waals surface area contributed by atoms with Crippen LogP contribution in [-0.2, 0) is 12.0 Å². The lowest BCUT2D eigenvalue weighted by molar-refractivity contribution is 0.295. The summed E-state index contributed by atoms with van der Waals surface area (Å²) in [4.78, 5) is 2.43. The van der Waals surface area contributed by atoms with Crippen LogP contribution in [0.3, 0.4) is 0 Å². The lowest BCUT2D eigenvalue weighted by Crippen LogP contribution is -2.31. The molecule has 3 nitrogen and oxygen atoms in total. The van der Waals surface area contributed by atoms with E-state index in [1.165, 1.54) is 40.5 Å². The van der Waals surface area contributed by atoms with Crippen molar-refractivity contribution >= 4 is 11.0 Å². The molecule has 2 aliphatic rings. The lowest BCUT2D eigenvalue weighted by Gasteiger charge is -2.33. The first-order valence-corrected chi connectivity index (χ1v) is 9.18. The second-order valence-electron chi connectivity index (χ2n) is 7.87. The van der Waals surface area contributed by atoms with Crippen molar-refractivity contribution in [3.63, 3.8) is 0 Å². The summed E-state index contributed by atoms with van der Waals surface area (Å²) in [6, 6.07) is 15.8. The molecule has 128 valence electrons. The largest absolute Gasteiger partial charge is 0.464 e. The number of nitrogens with zero attached hydrogens (tertiary/aromatic N) is 1. The summed E-state index contributed by atoms with van der Waals surface area (Å²) >= 11 is 0. The Bertz CT molecular complexity index is 938. The van der Waals surface area contributed by atoms with Crippen LogP contribution < -0.4 is 5.73 Å². The van der Waals surface area contributed by atoms with E-state index in [1.807, 2.05) is 6.07 Å². The number of hydrogen-bond acceptors (Lipinski definition) is 3. The minimum absolute atomic E-state index is 0.260. The Morgan fingerprint density at radius 3 is 2.84 bits per heavy atom. The highest BCUT2D eigenvalue weighted by molar-refractivity contribution is 5.78. The summed E-state index contributed by atoms with van der Waals surface area (Å²) in [5.74, 6) is 0.412. The van der Waals surface area contributed by atoms with Crippen LogP contribution in [0.2, 0.25) is 0 Å². The molecule has 3 aromatic rings. The lowest BCUT2D eigenvalue weighted by atomic mass is 9.82. The van der Waals surface area contributed by atoms with Gasteiger partial charge in [-0.2, -0.15) is 0 Å². The molecule has 0 amide bonds. The van der Waals surface area contributed by atoms with Crippen LogP contribution in [0.5, 0.6) is 0 Å². The minimum atomic E-state index is 0.260. The fraction of sp³-hybridized carbons (Fsp3) is 0.364. The Morgan fingerprint density at radius 2 is 2.04 bits per heavy atom. The molecule has 1 saturated carbocycles. The second kappa shape index (κ2) is 5.45. The average molecular weight is 332 g/mol. The molecule has 25 heavy (non-hydrogen) atoms. The number of rotatable bonds is 3. The number of furan rings is 1. The third-order valence-electron chi connectivity index (χ3n) is 6.19. The minimum Gasteiger partial charge on any atom is -0.464 e. The second-order valence-corrected chi connectivity index (χ2v) is 7.87. The molecule has 0 bridgehead atoms. The van der Waals surface area contributed by atoms with Crippen LogP contribution in [0.4, 0.5) is 0 Å². The van der Waals surface area contributed by atoms with Crippen molar-refractivity contribution in [2.75, 3.05) is 20.1 Å². The third-order valence-corrected chi connectivity index (χ3v) is 6.19. The van der Waals surface area contributed by atoms with Gasteiger partial charge in [0.2, 0.25) is 0 Å². The summed E-state index contributed by atoms with van der Waals surface area (Å²) in [5, 5.41) is 1.18. The summed E-state index contributed by atoms with van der Waals surface area (Å²) in [6.07, 6.45) is 4.24. The molecule has 2 heterocycles. The van der Waals surface area contributed by atoms with Gasteiger partial charge in [0.1, 0.15) is 5.58 Å². The molecule has 2 aromatic carbocycles. The van der Waals surface area contributed by atoms with Crippen LogP contribution in [0.25, 0.3) is 11.0 Å². The SMILES string of the molecule is CN1Cc2cc(C3(CN)CC3)ccc2C(c2ccc3occc3c2)C1. The van der Waals surface area contributed by atoms with E-state index in [9.17, 15) is 0 Å². The number of benzene rings is 2. The van der Waals surface area contributed by atoms with Gasteiger partial charge in [-0.05, 0) is 60.3 Å². The van der Waals surface area contributed by atoms with E-state index in [0.29, 0.717) is 5.92 Å². The van der Waals surface area contributed by atoms with Gasteiger partial charge in [0.05, 0.1) is 6.26 Å². The van der Waals surface area contributed by atoms with Crippen molar-refractivity contribution < 1.29 is 4.42 Å². The van der Waals surface area contributed by atoms with Crippen molar-refractivity contribution in [3.05, 3.63) is 71.0 Å². The standard InChI is InChI=1S/C22H24N2O/c1-24-12-17-11-18(22(14-23)7-8-22)3-4-19(17)20(13-24)15-2-5-21-16(10-15)6-9-25-21/h2-6,9-11,20H,7-8,12-14,23H2,1H3. The highest BCUT2D eigenvalue weighted by atomic mass is 16.3. The van der Waals surface area contributed by atoms with Gasteiger partial charge in [-0.3, -0.25) is 0 Å². The summed E-state index contributed by atoms with van der Waals surface area (Å²) in [7, 11) is 2.22. The molecule has 2 N–H and O–H groups in total. The maximum Gasteiger partial charge on any atom is 0.133 e. The van der Waals surface area contributed by atoms with Gasteiger partial charge < -0.3 is 15.1 Å². The van der Waals surface area contributed by atoms with Gasteiger partial charge in [-0.15, -0.1) is 0 Å². The van der Waals surface area contributed by atoms with E-state index in [2.05, 4.69) is 48.3 Å². The van der Waals surface area contributed by atoms with Crippen molar-refractivity contribution in [2.24, 2.45) is 5.73 Å². The zero-order chi connectivity index (χ0) is 17.0. The monoisotopic (exact) mass is 332 g/mol. The quantitative estimate of drug-likeness (QED) is 0.788. The van der Waals surface area contributed by atoms with Crippen LogP contribution in [0.15, 0.2) is 53.1 Å². The Labute approximate surface area is 148 Å². The first-order chi connectivity index (χ1) is 12.2. The average Bonchev–Trinajstić information content (AvgIpc) is 3.30. The first kappa shape index (κ1) is 15.2. The van der Waals surface area contributed by atoms with Gasteiger partial charge in [0.15, 0.2) is 0 Å². The van der Waals surface area contributed by atoms with E-state index in [1.54, 1.807) is 6.26 Å². The van der Waals surface area contributed by atoms with Gasteiger partial charge >= 0.3 is 0 Å². The smallest absolute Gasteiger partial charge is 0.133 e. The number of fused-ring (bicyclic) bond motifs is 2. The summed E-state index contributed by atoms with van der Waals surface area (Å²) in [5.41, 5.74) is 13.0. The van der Waals surface area contributed by atoms with E-state index in [-0.39, 0.29) is 5.41 Å². The fourth-order valence-electron chi connectivity index (χ4n) is 4.43. The Morgan fingerprint density at radius 1 is 1.16 bits per heavy atom. The third kappa shape index (κ3) is 2.42. The maximum absolute atomic E-state index is 6.05. The summed E-state index contributed by atoms with van der Waals surface area (Å²) in [6.45, 7) is 2.84. The van der Waals surface area contributed by atoms with Gasteiger partial charge in [-0.25, -0.2) is 0 Å². The number of nitrogens with two attached hydrogens (primary N) is 1. The molecule has 0 spiro atoms. The molecule has 1 unspecified atom stereocenters. The van der Waals surface area contributed by atoms with Crippen LogP contribution in [0.1, 0.15) is 41.0 Å². The van der Waals surface area contributed by atoms with E-state index in [4.69, 9.17) is 10.2 Å². The number of hydrogen-bond donors (Lipinski definition) is 1. The Hall–Kier alpha value is -2.10. The predicted octanol–water partition coefficient (Wildman–Crippen LogP) is 4.00. The van der Waals surface area contributed by atoms with E-state index >= 15 is 0 Å². The van der Waals surface area contributed by atoms with Gasteiger partial charge in [-0.1, -0.05) is 24.3 Å². The molecule has 1 aromatic heterocycles. The molecule has 1 aliphatic carbocycles. The molecular weight excluding hydrogens is 308 g/mol. The van der Waals surface area contributed by atoms with Gasteiger partial charge in [0, 0.05) is 36.4 Å². The Balaban J connectivity index is 1.58. The summed E-state index contributed by atoms with van der Waals surface area (Å²) < 4.78 is 5.50. The van der Waals surface area contributed by atoms with E-state index < -0.39 is 0 Å². The molecule has 0 saturated heterocycles. The van der Waals surface area contributed by atoms with E-state index in [0.717, 1.165) is 25.2 Å². The Kier molecular flexibility index (Phi) is 3.31. The molecule has 3 heteroatoms. The van der Waals surface area contributed by atoms with Crippen molar-refractivity contribution in [2.45, 2.75) is 30.7 Å². The highest BCUT2D eigenvalue weighted by Crippen LogP contribution is 2.48. The molecule has 0 radical (unpaired) electrons. The molecule has 1 fully saturated rings. The van der Waals surface area contributed by atoms with Crippen LogP contribution in [-0.4, -0.2) is 25.0 Å². The fourth-order valence-corrected chi connectivity index (χ4v) is 4.43. The molecule has 1 atom stereocenters. The van der Waals surface area contributed by atoms with Crippen molar-refractivity contribution in [1.29, 1.82) is 0 Å².